The summed E-state index contributed by atoms with van der Waals surface area (Å²) in [7, 11) is 1.97. The Morgan fingerprint density at radius 3 is 2.77 bits per heavy atom. The molecule has 1 aromatic rings. The first-order valence-corrected chi connectivity index (χ1v) is 8.68. The van der Waals surface area contributed by atoms with Crippen molar-refractivity contribution >= 4 is 21.8 Å². The Hall–Kier alpha value is -1.14. The van der Waals surface area contributed by atoms with Gasteiger partial charge in [-0.15, -0.1) is 0 Å². The molecule has 0 bridgehead atoms. The van der Waals surface area contributed by atoms with Crippen LogP contribution in [0.3, 0.4) is 0 Å². The van der Waals surface area contributed by atoms with Gasteiger partial charge in [-0.05, 0) is 60.8 Å². The van der Waals surface area contributed by atoms with Crippen LogP contribution < -0.4 is 10.9 Å². The lowest BCUT2D eigenvalue weighted by Gasteiger charge is -2.32. The Labute approximate surface area is 139 Å². The molecule has 0 atom stereocenters. The van der Waals surface area contributed by atoms with Gasteiger partial charge < -0.3 is 14.8 Å². The first kappa shape index (κ1) is 17.2. The summed E-state index contributed by atoms with van der Waals surface area (Å²) in [5, 5.41) is 3.18. The molecule has 0 spiro atoms. The molecule has 1 aromatic heterocycles. The van der Waals surface area contributed by atoms with Crippen LogP contribution in [0.25, 0.3) is 0 Å². The number of rotatable bonds is 6. The third kappa shape index (κ3) is 4.95. The molecule has 0 saturated carbocycles. The number of nitrogens with one attached hydrogen (secondary N) is 1. The van der Waals surface area contributed by atoms with Crippen LogP contribution in [-0.4, -0.2) is 42.1 Å². The monoisotopic (exact) mass is 369 g/mol. The fourth-order valence-corrected chi connectivity index (χ4v) is 3.25. The summed E-state index contributed by atoms with van der Waals surface area (Å²) in [5.74, 6) is 0.878. The van der Waals surface area contributed by atoms with E-state index < -0.39 is 0 Å². The molecule has 0 unspecified atom stereocenters. The normalized spacial score (nSPS) is 16.0. The summed E-state index contributed by atoms with van der Waals surface area (Å²) in [6, 6.07) is 3.23. The zero-order chi connectivity index (χ0) is 15.9. The fourth-order valence-electron chi connectivity index (χ4n) is 2.87. The average molecular weight is 370 g/mol. The van der Waals surface area contributed by atoms with E-state index in [4.69, 9.17) is 0 Å². The minimum Gasteiger partial charge on any atom is -0.343 e. The van der Waals surface area contributed by atoms with Crippen molar-refractivity contribution in [2.24, 2.45) is 5.92 Å². The van der Waals surface area contributed by atoms with E-state index in [2.05, 4.69) is 21.2 Å². The lowest BCUT2D eigenvalue weighted by atomic mass is 9.93. The van der Waals surface area contributed by atoms with Crippen LogP contribution in [0, 0.1) is 5.92 Å². The Morgan fingerprint density at radius 1 is 1.36 bits per heavy atom. The molecule has 2 heterocycles. The van der Waals surface area contributed by atoms with Crippen molar-refractivity contribution in [3.05, 3.63) is 33.2 Å². The number of likely N-dealkylation sites (tertiary alicyclic amines) is 1. The molecule has 1 aliphatic heterocycles. The number of hydrogen-bond donors (Lipinski definition) is 1. The van der Waals surface area contributed by atoms with Crippen molar-refractivity contribution in [3.8, 4) is 0 Å². The number of piperidine rings is 1. The second-order valence-electron chi connectivity index (χ2n) is 5.85. The van der Waals surface area contributed by atoms with E-state index in [-0.39, 0.29) is 11.5 Å². The molecule has 5 nitrogen and oxygen atoms in total. The van der Waals surface area contributed by atoms with Gasteiger partial charge >= 0.3 is 0 Å². The number of carbonyl (C=O) groups is 1. The number of amides is 1. The molecule has 1 amide bonds. The quantitative estimate of drug-likeness (QED) is 0.832. The van der Waals surface area contributed by atoms with Gasteiger partial charge in [-0.25, -0.2) is 0 Å². The lowest BCUT2D eigenvalue weighted by molar-refractivity contribution is -0.132. The van der Waals surface area contributed by atoms with E-state index in [0.717, 1.165) is 42.9 Å². The first-order valence-electron chi connectivity index (χ1n) is 7.88. The topological polar surface area (TPSA) is 54.3 Å². The molecule has 0 aromatic carbocycles. The van der Waals surface area contributed by atoms with Crippen LogP contribution in [0.5, 0.6) is 0 Å². The summed E-state index contributed by atoms with van der Waals surface area (Å²) < 4.78 is 2.44. The zero-order valence-electron chi connectivity index (χ0n) is 13.1. The van der Waals surface area contributed by atoms with Crippen LogP contribution in [0.1, 0.15) is 25.7 Å². The second-order valence-corrected chi connectivity index (χ2v) is 6.76. The third-order valence-corrected chi connectivity index (χ3v) is 4.75. The average Bonchev–Trinajstić information content (AvgIpc) is 2.54. The van der Waals surface area contributed by atoms with Crippen molar-refractivity contribution in [3.63, 3.8) is 0 Å². The maximum absolute atomic E-state index is 12.3. The number of pyridine rings is 1. The predicted molar refractivity (Wildman–Crippen MR) is 90.9 cm³/mol. The van der Waals surface area contributed by atoms with E-state index in [1.807, 2.05) is 11.9 Å². The number of halogens is 1. The molecule has 22 heavy (non-hydrogen) atoms. The van der Waals surface area contributed by atoms with Gasteiger partial charge in [0.1, 0.15) is 0 Å². The summed E-state index contributed by atoms with van der Waals surface area (Å²) in [5.41, 5.74) is -0.0678. The number of carbonyl (C=O) groups excluding carboxylic acids is 1. The number of hydrogen-bond acceptors (Lipinski definition) is 3. The van der Waals surface area contributed by atoms with Crippen LogP contribution in [0.2, 0.25) is 0 Å². The van der Waals surface area contributed by atoms with Gasteiger partial charge in [0.25, 0.3) is 5.56 Å². The Balaban J connectivity index is 1.79. The van der Waals surface area contributed by atoms with Crippen LogP contribution in [0.4, 0.5) is 0 Å². The highest BCUT2D eigenvalue weighted by Crippen LogP contribution is 2.20. The SMILES string of the molecule is CNCCC1CCN(C(=O)CCn2cc(Br)ccc2=O)CC1. The molecule has 6 heteroatoms. The molecule has 1 N–H and O–H groups in total. The number of aromatic nitrogens is 1. The Kier molecular flexibility index (Phi) is 6.64. The maximum atomic E-state index is 12.3. The summed E-state index contributed by atoms with van der Waals surface area (Å²) >= 11 is 3.35. The van der Waals surface area contributed by atoms with Gasteiger partial charge in [-0.2, -0.15) is 0 Å². The fraction of sp³-hybridized carbons (Fsp3) is 0.625. The highest BCUT2D eigenvalue weighted by Gasteiger charge is 2.22. The molecule has 0 aliphatic carbocycles. The molecule has 0 radical (unpaired) electrons. The van der Waals surface area contributed by atoms with E-state index in [1.54, 1.807) is 16.8 Å². The molecule has 2 rings (SSSR count). The minimum absolute atomic E-state index is 0.0678. The molecule has 1 saturated heterocycles. The van der Waals surface area contributed by atoms with Gasteiger partial charge in [0.05, 0.1) is 0 Å². The predicted octanol–water partition coefficient (Wildman–Crippen LogP) is 1.85. The molecular formula is C16H24BrN3O2. The number of nitrogens with zero attached hydrogens (tertiary/aromatic N) is 2. The zero-order valence-corrected chi connectivity index (χ0v) is 14.6. The molecule has 1 aliphatic rings. The summed E-state index contributed by atoms with van der Waals surface area (Å²) in [6.45, 7) is 3.18. The van der Waals surface area contributed by atoms with Crippen molar-refractivity contribution in [1.29, 1.82) is 0 Å². The Morgan fingerprint density at radius 2 is 2.09 bits per heavy atom. The first-order chi connectivity index (χ1) is 10.6. The van der Waals surface area contributed by atoms with E-state index >= 15 is 0 Å². The van der Waals surface area contributed by atoms with E-state index in [0.29, 0.717) is 13.0 Å². The van der Waals surface area contributed by atoms with Crippen molar-refractivity contribution in [2.45, 2.75) is 32.2 Å². The highest BCUT2D eigenvalue weighted by atomic mass is 79.9. The van der Waals surface area contributed by atoms with Gasteiger partial charge in [0, 0.05) is 42.8 Å². The highest BCUT2D eigenvalue weighted by molar-refractivity contribution is 9.10. The van der Waals surface area contributed by atoms with Gasteiger partial charge in [0.2, 0.25) is 5.91 Å². The third-order valence-electron chi connectivity index (χ3n) is 4.28. The summed E-state index contributed by atoms with van der Waals surface area (Å²) in [4.78, 5) is 25.9. The molecule has 1 fully saturated rings. The van der Waals surface area contributed by atoms with Crippen molar-refractivity contribution < 1.29 is 4.79 Å². The summed E-state index contributed by atoms with van der Waals surface area (Å²) in [6.07, 6.45) is 5.48. The van der Waals surface area contributed by atoms with Crippen LogP contribution in [0.15, 0.2) is 27.6 Å². The minimum atomic E-state index is -0.0678. The van der Waals surface area contributed by atoms with Crippen LogP contribution in [-0.2, 0) is 11.3 Å². The van der Waals surface area contributed by atoms with Crippen molar-refractivity contribution in [1.82, 2.24) is 14.8 Å². The number of aryl methyl sites for hydroxylation is 1. The maximum Gasteiger partial charge on any atom is 0.250 e. The van der Waals surface area contributed by atoms with E-state index in [9.17, 15) is 9.59 Å². The van der Waals surface area contributed by atoms with Gasteiger partial charge in [-0.1, -0.05) is 0 Å². The van der Waals surface area contributed by atoms with Crippen molar-refractivity contribution in [2.75, 3.05) is 26.7 Å². The smallest absolute Gasteiger partial charge is 0.250 e. The van der Waals surface area contributed by atoms with Crippen LogP contribution >= 0.6 is 15.9 Å². The second kappa shape index (κ2) is 8.48. The van der Waals surface area contributed by atoms with Gasteiger partial charge in [-0.3, -0.25) is 9.59 Å². The lowest BCUT2D eigenvalue weighted by Crippen LogP contribution is -2.39. The van der Waals surface area contributed by atoms with Gasteiger partial charge in [0.15, 0.2) is 0 Å². The molecular weight excluding hydrogens is 346 g/mol. The molecule has 122 valence electrons. The Bertz CT molecular complexity index is 551. The standard InChI is InChI=1S/C16H24BrN3O2/c1-18-8-4-13-5-9-19(10-6-13)16(22)7-11-20-12-14(17)2-3-15(20)21/h2-3,12-13,18H,4-11H2,1H3. The largest absolute Gasteiger partial charge is 0.343 e. The van der Waals surface area contributed by atoms with E-state index in [1.165, 1.54) is 12.5 Å².